The van der Waals surface area contributed by atoms with Crippen LogP contribution in [0.25, 0.3) is 0 Å². The van der Waals surface area contributed by atoms with Crippen molar-refractivity contribution in [3.05, 3.63) is 24.3 Å². The summed E-state index contributed by atoms with van der Waals surface area (Å²) in [6.07, 6.45) is 21.9. The lowest BCUT2D eigenvalue weighted by Gasteiger charge is -2.01. The maximum absolute atomic E-state index is 10.2. The maximum atomic E-state index is 10.2. The molecule has 0 radical (unpaired) electrons. The molecule has 3 heteroatoms. The van der Waals surface area contributed by atoms with E-state index < -0.39 is 5.97 Å². The smallest absolute Gasteiger partial charge is 0.0414 e. The van der Waals surface area contributed by atoms with Crippen molar-refractivity contribution in [2.75, 3.05) is 0 Å². The van der Waals surface area contributed by atoms with Gasteiger partial charge in [0.05, 0.1) is 0 Å². The summed E-state index contributed by atoms with van der Waals surface area (Å²) >= 11 is 0. The van der Waals surface area contributed by atoms with Crippen LogP contribution in [0.15, 0.2) is 24.3 Å². The molecule has 0 aromatic carbocycles. The molecule has 0 unspecified atom stereocenters. The molecular weight excluding hydrogens is 262 g/mol. The normalized spacial score (nSPS) is 11.1. The van der Waals surface area contributed by atoms with E-state index in [1.165, 1.54) is 38.5 Å². The first-order chi connectivity index (χ1) is 9.77. The van der Waals surface area contributed by atoms with Crippen molar-refractivity contribution < 1.29 is 9.90 Å². The molecule has 0 amide bonds. The van der Waals surface area contributed by atoms with E-state index >= 15 is 0 Å². The molecule has 0 aliphatic carbocycles. The van der Waals surface area contributed by atoms with E-state index in [1.54, 1.807) is 0 Å². The molecule has 0 aliphatic rings. The largest absolute Gasteiger partial charge is 0.550 e. The van der Waals surface area contributed by atoms with Gasteiger partial charge in [-0.1, -0.05) is 63.3 Å². The third kappa shape index (κ3) is 21.4. The lowest BCUT2D eigenvalue weighted by atomic mass is 10.1. The first-order valence-electron chi connectivity index (χ1n) is 8.27. The fourth-order valence-electron chi connectivity index (χ4n) is 2.08. The molecule has 0 spiro atoms. The van der Waals surface area contributed by atoms with Gasteiger partial charge in [-0.15, -0.1) is 0 Å². The van der Waals surface area contributed by atoms with Crippen LogP contribution in [-0.2, 0) is 4.79 Å². The van der Waals surface area contributed by atoms with Crippen LogP contribution in [0.3, 0.4) is 0 Å². The SMILES string of the molecule is CCCCCC=CCC=CCCCCCCCC(=O)[O-].[NH4+]. The minimum atomic E-state index is -0.921. The lowest BCUT2D eigenvalue weighted by Crippen LogP contribution is -2.21. The molecule has 0 aromatic heterocycles. The molecule has 21 heavy (non-hydrogen) atoms. The van der Waals surface area contributed by atoms with Crippen molar-refractivity contribution in [2.45, 2.75) is 84.0 Å². The Morgan fingerprint density at radius 1 is 0.810 bits per heavy atom. The minimum Gasteiger partial charge on any atom is -0.550 e. The summed E-state index contributed by atoms with van der Waals surface area (Å²) in [5.41, 5.74) is 0. The number of hydrogen-bond acceptors (Lipinski definition) is 2. The first kappa shape index (κ1) is 22.2. The highest BCUT2D eigenvalue weighted by Crippen LogP contribution is 2.07. The number of aliphatic carboxylic acids is 1. The Kier molecular flexibility index (Phi) is 20.0. The molecule has 0 heterocycles. The number of unbranched alkanes of at least 4 members (excludes halogenated alkanes) is 8. The summed E-state index contributed by atoms with van der Waals surface area (Å²) in [6.45, 7) is 2.23. The highest BCUT2D eigenvalue weighted by atomic mass is 16.4. The molecule has 0 bridgehead atoms. The topological polar surface area (TPSA) is 76.6 Å². The Balaban J connectivity index is 0. The van der Waals surface area contributed by atoms with Gasteiger partial charge in [0.2, 0.25) is 0 Å². The highest BCUT2D eigenvalue weighted by Gasteiger charge is 1.90. The van der Waals surface area contributed by atoms with Gasteiger partial charge in [-0.25, -0.2) is 0 Å². The van der Waals surface area contributed by atoms with E-state index in [-0.39, 0.29) is 12.6 Å². The lowest BCUT2D eigenvalue weighted by molar-refractivity contribution is -0.305. The van der Waals surface area contributed by atoms with Crippen molar-refractivity contribution in [2.24, 2.45) is 0 Å². The molecule has 0 aromatic rings. The molecular formula is C18H35NO2. The Hall–Kier alpha value is -1.09. The van der Waals surface area contributed by atoms with Crippen LogP contribution < -0.4 is 11.3 Å². The third-order valence-corrected chi connectivity index (χ3v) is 3.33. The molecule has 4 N–H and O–H groups in total. The van der Waals surface area contributed by atoms with Gasteiger partial charge in [0, 0.05) is 5.97 Å². The Morgan fingerprint density at radius 3 is 1.90 bits per heavy atom. The van der Waals surface area contributed by atoms with Crippen LogP contribution in [0, 0.1) is 0 Å². The highest BCUT2D eigenvalue weighted by molar-refractivity contribution is 5.63. The van der Waals surface area contributed by atoms with Crippen LogP contribution in [0.4, 0.5) is 0 Å². The average Bonchev–Trinajstić information content (AvgIpc) is 2.43. The van der Waals surface area contributed by atoms with Gasteiger partial charge >= 0.3 is 0 Å². The van der Waals surface area contributed by atoms with E-state index in [0.717, 1.165) is 32.1 Å². The number of allylic oxidation sites excluding steroid dienone is 4. The number of quaternary nitrogens is 1. The van der Waals surface area contributed by atoms with Crippen molar-refractivity contribution in [1.29, 1.82) is 0 Å². The predicted molar refractivity (Wildman–Crippen MR) is 90.3 cm³/mol. The summed E-state index contributed by atoms with van der Waals surface area (Å²) in [4.78, 5) is 10.2. The molecule has 0 saturated carbocycles. The standard InChI is InChI=1S/C18H32O2.H3N/c1-2-3-4-5-6-7-8-9-10-11-12-13-14-15-16-17-18(19)20;/h6-7,9-10H,2-5,8,11-17H2,1H3,(H,19,20);1H3. The molecule has 3 nitrogen and oxygen atoms in total. The van der Waals surface area contributed by atoms with Gasteiger partial charge in [-0.2, -0.15) is 0 Å². The second-order valence-corrected chi connectivity index (χ2v) is 5.35. The summed E-state index contributed by atoms with van der Waals surface area (Å²) in [7, 11) is 0. The molecule has 0 aliphatic heterocycles. The number of carbonyl (C=O) groups is 1. The number of carbonyl (C=O) groups excluding carboxylic acids is 1. The number of carboxylic acid groups (broad SMARTS) is 1. The van der Waals surface area contributed by atoms with Gasteiger partial charge < -0.3 is 16.1 Å². The van der Waals surface area contributed by atoms with Crippen molar-refractivity contribution in [3.63, 3.8) is 0 Å². The zero-order valence-corrected chi connectivity index (χ0v) is 14.1. The van der Waals surface area contributed by atoms with Gasteiger partial charge in [0.1, 0.15) is 0 Å². The first-order valence-corrected chi connectivity index (χ1v) is 8.27. The summed E-state index contributed by atoms with van der Waals surface area (Å²) in [6, 6.07) is 0. The van der Waals surface area contributed by atoms with Gasteiger partial charge in [-0.05, 0) is 44.9 Å². The van der Waals surface area contributed by atoms with Crippen LogP contribution >= 0.6 is 0 Å². The van der Waals surface area contributed by atoms with Crippen LogP contribution in [0.2, 0.25) is 0 Å². The van der Waals surface area contributed by atoms with E-state index in [4.69, 9.17) is 0 Å². The van der Waals surface area contributed by atoms with E-state index in [0.29, 0.717) is 0 Å². The summed E-state index contributed by atoms with van der Waals surface area (Å²) in [5, 5.41) is 10.2. The zero-order valence-electron chi connectivity index (χ0n) is 14.1. The average molecular weight is 297 g/mol. The Bertz CT molecular complexity index is 272. The van der Waals surface area contributed by atoms with Crippen molar-refractivity contribution in [1.82, 2.24) is 6.15 Å². The fraction of sp³-hybridized carbons (Fsp3) is 0.722. The number of rotatable bonds is 14. The van der Waals surface area contributed by atoms with Gasteiger partial charge in [-0.3, -0.25) is 0 Å². The third-order valence-electron chi connectivity index (χ3n) is 3.33. The zero-order chi connectivity index (χ0) is 14.9. The van der Waals surface area contributed by atoms with E-state index in [9.17, 15) is 9.90 Å². The quantitative estimate of drug-likeness (QED) is 0.364. The molecule has 0 atom stereocenters. The summed E-state index contributed by atoms with van der Waals surface area (Å²) < 4.78 is 0. The molecule has 0 fully saturated rings. The van der Waals surface area contributed by atoms with Crippen molar-refractivity contribution in [3.8, 4) is 0 Å². The summed E-state index contributed by atoms with van der Waals surface area (Å²) in [5.74, 6) is -0.921. The van der Waals surface area contributed by atoms with E-state index in [2.05, 4.69) is 31.2 Å². The van der Waals surface area contributed by atoms with Crippen LogP contribution in [0.5, 0.6) is 0 Å². The molecule has 0 rings (SSSR count). The Morgan fingerprint density at radius 2 is 1.33 bits per heavy atom. The second-order valence-electron chi connectivity index (χ2n) is 5.35. The molecule has 0 saturated heterocycles. The van der Waals surface area contributed by atoms with Crippen LogP contribution in [0.1, 0.15) is 84.0 Å². The van der Waals surface area contributed by atoms with E-state index in [1.807, 2.05) is 0 Å². The van der Waals surface area contributed by atoms with Crippen LogP contribution in [-0.4, -0.2) is 5.97 Å². The fourth-order valence-corrected chi connectivity index (χ4v) is 2.08. The number of carboxylic acids is 1. The van der Waals surface area contributed by atoms with Crippen molar-refractivity contribution >= 4 is 5.97 Å². The monoisotopic (exact) mass is 297 g/mol. The Labute approximate surface area is 131 Å². The second kappa shape index (κ2) is 18.9. The number of hydrogen-bond donors (Lipinski definition) is 1. The molecule has 124 valence electrons. The van der Waals surface area contributed by atoms with Gasteiger partial charge in [0.25, 0.3) is 0 Å². The minimum absolute atomic E-state index is 0. The van der Waals surface area contributed by atoms with Gasteiger partial charge in [0.15, 0.2) is 0 Å². The predicted octanol–water partition coefficient (Wildman–Crippen LogP) is 4.93. The maximum Gasteiger partial charge on any atom is 0.0414 e.